The van der Waals surface area contributed by atoms with Crippen molar-refractivity contribution >= 4 is 45.8 Å². The van der Waals surface area contributed by atoms with Crippen LogP contribution in [0.2, 0.25) is 0 Å². The Balaban J connectivity index is 2.17. The number of carbonyl (C=O) groups excluding carboxylic acids is 1. The first-order valence-corrected chi connectivity index (χ1v) is 8.79. The number of nitrogens with one attached hydrogen (secondary N) is 1. The molecular formula is C14H18N4O4S2. The van der Waals surface area contributed by atoms with Gasteiger partial charge in [0.25, 0.3) is 5.56 Å². The number of thiazole rings is 1. The molecule has 0 spiro atoms. The molecule has 3 rings (SSSR count). The standard InChI is InChI=1S/C14H18N4O4S2/c1-4-7-5(2)8(21-6(3)19)12(22-7)18-10-9(24-14(18)23)11(20)17-13(15)16-10/h5,7-8,12H,4H2,1-3H3,(H3,15,16,17,20)/t5-,7-,8-,12-/m1/s1. The van der Waals surface area contributed by atoms with E-state index < -0.39 is 18.3 Å². The Kier molecular flexibility index (Phi) is 4.45. The van der Waals surface area contributed by atoms with E-state index in [9.17, 15) is 9.59 Å². The monoisotopic (exact) mass is 370 g/mol. The van der Waals surface area contributed by atoms with Crippen molar-refractivity contribution < 1.29 is 14.3 Å². The minimum Gasteiger partial charge on any atom is -0.457 e. The van der Waals surface area contributed by atoms with E-state index in [1.165, 1.54) is 6.92 Å². The van der Waals surface area contributed by atoms with Gasteiger partial charge in [-0.05, 0) is 18.6 Å². The van der Waals surface area contributed by atoms with Crippen LogP contribution in [0.1, 0.15) is 33.4 Å². The second-order valence-corrected chi connectivity index (χ2v) is 7.39. The molecule has 0 saturated carbocycles. The summed E-state index contributed by atoms with van der Waals surface area (Å²) < 4.78 is 14.0. The number of nitrogens with two attached hydrogens (primary N) is 1. The predicted octanol–water partition coefficient (Wildman–Crippen LogP) is 1.97. The highest BCUT2D eigenvalue weighted by Gasteiger charge is 2.45. The van der Waals surface area contributed by atoms with Crippen molar-refractivity contribution in [2.45, 2.75) is 45.6 Å². The van der Waals surface area contributed by atoms with E-state index in [0.717, 1.165) is 17.8 Å². The lowest BCUT2D eigenvalue weighted by molar-refractivity contribution is -0.153. The summed E-state index contributed by atoms with van der Waals surface area (Å²) in [6.07, 6.45) is -0.473. The number of aromatic amines is 1. The van der Waals surface area contributed by atoms with Crippen molar-refractivity contribution in [2.24, 2.45) is 5.92 Å². The zero-order chi connectivity index (χ0) is 17.6. The minimum absolute atomic E-state index is 0.00354. The van der Waals surface area contributed by atoms with Gasteiger partial charge in [-0.25, -0.2) is 0 Å². The van der Waals surface area contributed by atoms with Crippen LogP contribution >= 0.6 is 23.6 Å². The fraction of sp³-hybridized carbons (Fsp3) is 0.571. The molecular weight excluding hydrogens is 352 g/mol. The third-order valence-electron chi connectivity index (χ3n) is 4.15. The van der Waals surface area contributed by atoms with E-state index in [-0.39, 0.29) is 23.5 Å². The van der Waals surface area contributed by atoms with E-state index in [1.807, 2.05) is 13.8 Å². The first-order valence-electron chi connectivity index (χ1n) is 7.57. The van der Waals surface area contributed by atoms with Crippen LogP contribution in [-0.2, 0) is 14.3 Å². The molecule has 1 aliphatic rings. The fourth-order valence-electron chi connectivity index (χ4n) is 3.05. The third-order valence-corrected chi connectivity index (χ3v) is 5.54. The van der Waals surface area contributed by atoms with Crippen molar-refractivity contribution in [3.63, 3.8) is 0 Å². The quantitative estimate of drug-likeness (QED) is 0.627. The zero-order valence-electron chi connectivity index (χ0n) is 13.4. The largest absolute Gasteiger partial charge is 0.457 e. The van der Waals surface area contributed by atoms with Gasteiger partial charge in [-0.15, -0.1) is 0 Å². The summed E-state index contributed by atoms with van der Waals surface area (Å²) in [6, 6.07) is 0. The Morgan fingerprint density at radius 3 is 2.92 bits per heavy atom. The molecule has 2 aromatic heterocycles. The molecule has 24 heavy (non-hydrogen) atoms. The number of carbonyl (C=O) groups is 1. The SMILES string of the molecule is CC[C@H]1O[C@@H](n2c(=S)sc3c(=O)[nH]c(N)nc32)[C@H](OC(C)=O)[C@@H]1C. The van der Waals surface area contributed by atoms with Gasteiger partial charge in [0.2, 0.25) is 5.95 Å². The number of ether oxygens (including phenoxy) is 2. The van der Waals surface area contributed by atoms with Crippen LogP contribution in [-0.4, -0.2) is 32.7 Å². The maximum atomic E-state index is 12.1. The lowest BCUT2D eigenvalue weighted by atomic mass is 9.98. The number of fused-ring (bicyclic) bond motifs is 1. The Hall–Kier alpha value is -1.78. The molecule has 0 amide bonds. The first-order chi connectivity index (χ1) is 11.3. The van der Waals surface area contributed by atoms with Crippen molar-refractivity contribution in [2.75, 3.05) is 5.73 Å². The van der Waals surface area contributed by atoms with Crippen LogP contribution in [0.4, 0.5) is 5.95 Å². The summed E-state index contributed by atoms with van der Waals surface area (Å²) in [5, 5.41) is 0. The highest BCUT2D eigenvalue weighted by atomic mass is 32.1. The molecule has 3 heterocycles. The number of nitrogens with zero attached hydrogens (tertiary/aromatic N) is 2. The average molecular weight is 370 g/mol. The van der Waals surface area contributed by atoms with Gasteiger partial charge in [-0.2, -0.15) is 4.98 Å². The van der Waals surface area contributed by atoms with Gasteiger partial charge in [-0.1, -0.05) is 25.2 Å². The smallest absolute Gasteiger partial charge is 0.303 e. The van der Waals surface area contributed by atoms with Crippen LogP contribution in [0.5, 0.6) is 0 Å². The molecule has 0 unspecified atom stereocenters. The molecule has 0 aliphatic carbocycles. The molecule has 10 heteroatoms. The summed E-state index contributed by atoms with van der Waals surface area (Å²) in [5.41, 5.74) is 5.65. The van der Waals surface area contributed by atoms with Crippen molar-refractivity contribution in [3.05, 3.63) is 14.3 Å². The number of rotatable bonds is 3. The zero-order valence-corrected chi connectivity index (χ0v) is 15.1. The van der Waals surface area contributed by atoms with Gasteiger partial charge in [0.15, 0.2) is 21.9 Å². The summed E-state index contributed by atoms with van der Waals surface area (Å²) in [4.78, 5) is 30.2. The first kappa shape index (κ1) is 17.1. The Morgan fingerprint density at radius 1 is 1.58 bits per heavy atom. The van der Waals surface area contributed by atoms with E-state index in [0.29, 0.717) is 14.3 Å². The highest BCUT2D eigenvalue weighted by molar-refractivity contribution is 7.73. The molecule has 4 atom stereocenters. The molecule has 2 aromatic rings. The van der Waals surface area contributed by atoms with E-state index >= 15 is 0 Å². The summed E-state index contributed by atoms with van der Waals surface area (Å²) >= 11 is 6.53. The van der Waals surface area contributed by atoms with Crippen molar-refractivity contribution in [3.8, 4) is 0 Å². The van der Waals surface area contributed by atoms with Crippen LogP contribution in [0.15, 0.2) is 4.79 Å². The predicted molar refractivity (Wildman–Crippen MR) is 92.4 cm³/mol. The van der Waals surface area contributed by atoms with Crippen molar-refractivity contribution in [1.29, 1.82) is 0 Å². The average Bonchev–Trinajstić information content (AvgIpc) is 2.97. The molecule has 0 aromatic carbocycles. The van der Waals surface area contributed by atoms with E-state index in [4.69, 9.17) is 27.4 Å². The second kappa shape index (κ2) is 6.26. The number of hydrogen-bond donors (Lipinski definition) is 2. The normalized spacial score (nSPS) is 26.8. The summed E-state index contributed by atoms with van der Waals surface area (Å²) in [7, 11) is 0. The van der Waals surface area contributed by atoms with E-state index in [1.54, 1.807) is 4.57 Å². The molecule has 130 valence electrons. The number of aromatic nitrogens is 3. The Morgan fingerprint density at radius 2 is 2.29 bits per heavy atom. The van der Waals surface area contributed by atoms with Crippen LogP contribution < -0.4 is 11.3 Å². The highest BCUT2D eigenvalue weighted by Crippen LogP contribution is 2.39. The lowest BCUT2D eigenvalue weighted by Crippen LogP contribution is -2.30. The number of anilines is 1. The molecule has 3 N–H and O–H groups in total. The Bertz CT molecular complexity index is 902. The topological polar surface area (TPSA) is 112 Å². The van der Waals surface area contributed by atoms with Crippen LogP contribution in [0, 0.1) is 9.87 Å². The van der Waals surface area contributed by atoms with Gasteiger partial charge in [-0.3, -0.25) is 19.1 Å². The summed E-state index contributed by atoms with van der Waals surface area (Å²) in [6.45, 7) is 5.32. The van der Waals surface area contributed by atoms with Gasteiger partial charge in [0.05, 0.1) is 6.10 Å². The van der Waals surface area contributed by atoms with Gasteiger partial charge in [0.1, 0.15) is 4.70 Å². The maximum absolute atomic E-state index is 12.1. The van der Waals surface area contributed by atoms with Gasteiger partial charge >= 0.3 is 5.97 Å². The molecule has 8 nitrogen and oxygen atoms in total. The maximum Gasteiger partial charge on any atom is 0.303 e. The Labute approximate surface area is 146 Å². The molecule has 1 aliphatic heterocycles. The molecule has 0 bridgehead atoms. The van der Waals surface area contributed by atoms with Crippen LogP contribution in [0.3, 0.4) is 0 Å². The summed E-state index contributed by atoms with van der Waals surface area (Å²) in [5.74, 6) is -0.412. The van der Waals surface area contributed by atoms with Crippen LogP contribution in [0.25, 0.3) is 10.3 Å². The minimum atomic E-state index is -0.635. The van der Waals surface area contributed by atoms with Crippen molar-refractivity contribution in [1.82, 2.24) is 14.5 Å². The number of hydrogen-bond acceptors (Lipinski definition) is 8. The van der Waals surface area contributed by atoms with Gasteiger partial charge in [0, 0.05) is 12.8 Å². The number of esters is 1. The third kappa shape index (κ3) is 2.74. The van der Waals surface area contributed by atoms with E-state index in [2.05, 4.69) is 9.97 Å². The fourth-order valence-corrected chi connectivity index (χ4v) is 4.34. The van der Waals surface area contributed by atoms with Gasteiger partial charge < -0.3 is 15.2 Å². The molecule has 1 fully saturated rings. The number of H-pyrrole nitrogens is 1. The number of nitrogen functional groups attached to an aromatic ring is 1. The lowest BCUT2D eigenvalue weighted by Gasteiger charge is -2.22. The molecule has 1 saturated heterocycles. The second-order valence-electron chi connectivity index (χ2n) is 5.75. The molecule has 0 radical (unpaired) electrons.